The zero-order valence-electron chi connectivity index (χ0n) is 8.27. The number of esters is 1. The quantitative estimate of drug-likeness (QED) is 0.564. The van der Waals surface area contributed by atoms with Crippen LogP contribution < -0.4 is 0 Å². The van der Waals surface area contributed by atoms with Crippen LogP contribution in [0.5, 0.6) is 0 Å². The first-order chi connectivity index (χ1) is 7.24. The number of rotatable bonds is 3. The van der Waals surface area contributed by atoms with Crippen molar-refractivity contribution in [1.29, 1.82) is 0 Å². The van der Waals surface area contributed by atoms with Crippen LogP contribution >= 0.6 is 0 Å². The number of carbonyl (C=O) groups is 1. The molecule has 0 aromatic heterocycles. The fraction of sp³-hybridized carbons (Fsp3) is 0.364. The van der Waals surface area contributed by atoms with Crippen LogP contribution in [0.3, 0.4) is 0 Å². The summed E-state index contributed by atoms with van der Waals surface area (Å²) in [6, 6.07) is 6.27. The Morgan fingerprint density at radius 1 is 1.53 bits per heavy atom. The van der Waals surface area contributed by atoms with Crippen molar-refractivity contribution in [3.63, 3.8) is 0 Å². The third kappa shape index (κ3) is 1.99. The molecule has 15 heavy (non-hydrogen) atoms. The zero-order valence-corrected chi connectivity index (χ0v) is 8.27. The molecule has 1 heterocycles. The molecule has 1 aromatic rings. The highest BCUT2D eigenvalue weighted by molar-refractivity contribution is 5.78. The maximum absolute atomic E-state index is 13.3. The molecular weight excluding hydrogens is 199 g/mol. The van der Waals surface area contributed by atoms with Crippen molar-refractivity contribution in [2.75, 3.05) is 6.61 Å². The zero-order chi connectivity index (χ0) is 10.8. The number of hydrogen-bond donors (Lipinski definition) is 0. The Morgan fingerprint density at radius 2 is 2.27 bits per heavy atom. The molecule has 80 valence electrons. The number of carbonyl (C=O) groups excluding carboxylic acids is 1. The van der Waals surface area contributed by atoms with Gasteiger partial charge in [0.1, 0.15) is 11.9 Å². The second-order valence-electron chi connectivity index (χ2n) is 3.25. The van der Waals surface area contributed by atoms with Crippen LogP contribution in [-0.2, 0) is 14.3 Å². The van der Waals surface area contributed by atoms with Gasteiger partial charge in [-0.05, 0) is 13.0 Å². The van der Waals surface area contributed by atoms with E-state index in [1.54, 1.807) is 25.1 Å². The fourth-order valence-electron chi connectivity index (χ4n) is 1.46. The van der Waals surface area contributed by atoms with Crippen LogP contribution in [0.4, 0.5) is 4.39 Å². The number of ether oxygens (including phenoxy) is 2. The minimum Gasteiger partial charge on any atom is -0.464 e. The minimum absolute atomic E-state index is 0.308. The first-order valence-corrected chi connectivity index (χ1v) is 4.80. The minimum atomic E-state index is -0.637. The summed E-state index contributed by atoms with van der Waals surface area (Å²) in [6.07, 6.45) is -1.12. The van der Waals surface area contributed by atoms with E-state index in [0.717, 1.165) is 0 Å². The summed E-state index contributed by atoms with van der Waals surface area (Å²) < 4.78 is 23.1. The molecular formula is C11H11FO3. The molecule has 0 amide bonds. The van der Waals surface area contributed by atoms with Gasteiger partial charge in [0.05, 0.1) is 6.61 Å². The monoisotopic (exact) mass is 210 g/mol. The lowest BCUT2D eigenvalue weighted by Crippen LogP contribution is -2.12. The van der Waals surface area contributed by atoms with Gasteiger partial charge >= 0.3 is 5.97 Å². The van der Waals surface area contributed by atoms with E-state index in [1.807, 2.05) is 0 Å². The average molecular weight is 210 g/mol. The van der Waals surface area contributed by atoms with Gasteiger partial charge in [0.15, 0.2) is 6.10 Å². The molecule has 0 saturated carbocycles. The standard InChI is InChI=1S/C11H11FO3/c1-2-14-11(13)10-9(15-10)7-5-3-4-6-8(7)12/h3-6,9-10H,2H2,1H3/t9-,10+/m0/s1. The van der Waals surface area contributed by atoms with Crippen molar-refractivity contribution in [2.45, 2.75) is 19.1 Å². The molecule has 0 unspecified atom stereocenters. The van der Waals surface area contributed by atoms with Crippen molar-refractivity contribution in [2.24, 2.45) is 0 Å². The largest absolute Gasteiger partial charge is 0.464 e. The van der Waals surface area contributed by atoms with Gasteiger partial charge in [-0.15, -0.1) is 0 Å². The molecule has 1 aliphatic rings. The molecule has 2 atom stereocenters. The first-order valence-electron chi connectivity index (χ1n) is 4.80. The van der Waals surface area contributed by atoms with Crippen molar-refractivity contribution in [1.82, 2.24) is 0 Å². The van der Waals surface area contributed by atoms with E-state index in [2.05, 4.69) is 0 Å². The number of halogens is 1. The molecule has 0 bridgehead atoms. The van der Waals surface area contributed by atoms with Crippen LogP contribution in [0.15, 0.2) is 24.3 Å². The van der Waals surface area contributed by atoms with E-state index < -0.39 is 18.2 Å². The van der Waals surface area contributed by atoms with Gasteiger partial charge in [0, 0.05) is 5.56 Å². The summed E-state index contributed by atoms with van der Waals surface area (Å²) in [7, 11) is 0. The van der Waals surface area contributed by atoms with Crippen molar-refractivity contribution in [3.05, 3.63) is 35.6 Å². The summed E-state index contributed by atoms with van der Waals surface area (Å²) in [5.74, 6) is -0.778. The predicted molar refractivity (Wildman–Crippen MR) is 50.6 cm³/mol. The van der Waals surface area contributed by atoms with E-state index in [9.17, 15) is 9.18 Å². The Morgan fingerprint density at radius 3 is 2.93 bits per heavy atom. The summed E-state index contributed by atoms with van der Waals surface area (Å²) in [5, 5.41) is 0. The third-order valence-corrected chi connectivity index (χ3v) is 2.22. The smallest absolute Gasteiger partial charge is 0.338 e. The highest BCUT2D eigenvalue weighted by Crippen LogP contribution is 2.40. The molecule has 3 nitrogen and oxygen atoms in total. The predicted octanol–water partition coefficient (Wildman–Crippen LogP) is 1.83. The molecule has 2 rings (SSSR count). The second kappa shape index (κ2) is 3.98. The summed E-state index contributed by atoms with van der Waals surface area (Å²) >= 11 is 0. The van der Waals surface area contributed by atoms with Gasteiger partial charge in [0.25, 0.3) is 0 Å². The topological polar surface area (TPSA) is 38.8 Å². The maximum Gasteiger partial charge on any atom is 0.338 e. The number of epoxide rings is 1. The summed E-state index contributed by atoms with van der Waals surface area (Å²) in [4.78, 5) is 11.2. The lowest BCUT2D eigenvalue weighted by molar-refractivity contribution is -0.144. The fourth-order valence-corrected chi connectivity index (χ4v) is 1.46. The van der Waals surface area contributed by atoms with Crippen LogP contribution in [0.1, 0.15) is 18.6 Å². The lowest BCUT2D eigenvalue weighted by Gasteiger charge is -1.98. The molecule has 4 heteroatoms. The van der Waals surface area contributed by atoms with Crippen molar-refractivity contribution >= 4 is 5.97 Å². The van der Waals surface area contributed by atoms with Gasteiger partial charge < -0.3 is 9.47 Å². The molecule has 1 aromatic carbocycles. The summed E-state index contributed by atoms with van der Waals surface area (Å²) in [6.45, 7) is 2.03. The van der Waals surface area contributed by atoms with E-state index >= 15 is 0 Å². The Balaban J connectivity index is 2.05. The first kappa shape index (κ1) is 10.1. The van der Waals surface area contributed by atoms with Gasteiger partial charge in [0.2, 0.25) is 0 Å². The van der Waals surface area contributed by atoms with Crippen LogP contribution in [-0.4, -0.2) is 18.7 Å². The molecule has 0 spiro atoms. The van der Waals surface area contributed by atoms with Crippen molar-refractivity contribution in [3.8, 4) is 0 Å². The summed E-state index contributed by atoms with van der Waals surface area (Å²) in [5.41, 5.74) is 0.413. The van der Waals surface area contributed by atoms with Gasteiger partial charge in [-0.2, -0.15) is 0 Å². The highest BCUT2D eigenvalue weighted by Gasteiger charge is 2.48. The van der Waals surface area contributed by atoms with Crippen LogP contribution in [0, 0.1) is 5.82 Å². The normalized spacial score (nSPS) is 23.6. The number of hydrogen-bond acceptors (Lipinski definition) is 3. The number of benzene rings is 1. The Labute approximate surface area is 86.8 Å². The van der Waals surface area contributed by atoms with Gasteiger partial charge in [-0.3, -0.25) is 0 Å². The molecule has 0 radical (unpaired) electrons. The van der Waals surface area contributed by atoms with Crippen molar-refractivity contribution < 1.29 is 18.7 Å². The molecule has 1 fully saturated rings. The van der Waals surface area contributed by atoms with Gasteiger partial charge in [-0.25, -0.2) is 9.18 Å². The highest BCUT2D eigenvalue weighted by atomic mass is 19.1. The third-order valence-electron chi connectivity index (χ3n) is 2.22. The van der Waals surface area contributed by atoms with E-state index in [1.165, 1.54) is 6.07 Å². The van der Waals surface area contributed by atoms with E-state index in [-0.39, 0.29) is 5.82 Å². The SMILES string of the molecule is CCOC(=O)[C@@H]1O[C@H]1c1ccccc1F. The Hall–Kier alpha value is -1.42. The Kier molecular flexibility index (Phi) is 2.68. The lowest BCUT2D eigenvalue weighted by atomic mass is 10.1. The van der Waals surface area contributed by atoms with Crippen LogP contribution in [0.25, 0.3) is 0 Å². The molecule has 0 N–H and O–H groups in total. The van der Waals surface area contributed by atoms with E-state index in [4.69, 9.17) is 9.47 Å². The molecule has 1 saturated heterocycles. The second-order valence-corrected chi connectivity index (χ2v) is 3.25. The molecule has 1 aliphatic heterocycles. The average Bonchev–Trinajstić information content (AvgIpc) is 2.98. The van der Waals surface area contributed by atoms with Gasteiger partial charge in [-0.1, -0.05) is 18.2 Å². The van der Waals surface area contributed by atoms with Crippen LogP contribution in [0.2, 0.25) is 0 Å². The maximum atomic E-state index is 13.3. The van der Waals surface area contributed by atoms with E-state index in [0.29, 0.717) is 12.2 Å². The molecule has 0 aliphatic carbocycles. The Bertz CT molecular complexity index is 378.